The van der Waals surface area contributed by atoms with Crippen LogP contribution in [0.1, 0.15) is 30.4 Å². The number of nitrogens with one attached hydrogen (secondary N) is 2. The molecule has 1 aliphatic heterocycles. The summed E-state index contributed by atoms with van der Waals surface area (Å²) in [6.45, 7) is 1.47. The first-order valence-electron chi connectivity index (χ1n) is 11.1. The van der Waals surface area contributed by atoms with E-state index in [9.17, 15) is 4.79 Å². The molecule has 0 bridgehead atoms. The van der Waals surface area contributed by atoms with E-state index >= 15 is 0 Å². The molecule has 4 heterocycles. The molecular formula is C26H24N6O2S. The third-order valence-electron chi connectivity index (χ3n) is 5.88. The van der Waals surface area contributed by atoms with Gasteiger partial charge in [0.1, 0.15) is 11.8 Å². The third kappa shape index (κ3) is 4.33. The van der Waals surface area contributed by atoms with Crippen molar-refractivity contribution >= 4 is 34.6 Å². The molecule has 9 heteroatoms. The monoisotopic (exact) mass is 484 g/mol. The van der Waals surface area contributed by atoms with Gasteiger partial charge in [-0.2, -0.15) is 0 Å². The summed E-state index contributed by atoms with van der Waals surface area (Å²) >= 11 is 5.85. The van der Waals surface area contributed by atoms with Crippen molar-refractivity contribution in [1.29, 1.82) is 0 Å². The highest BCUT2D eigenvalue weighted by Gasteiger charge is 2.42. The second-order valence-electron chi connectivity index (χ2n) is 8.08. The van der Waals surface area contributed by atoms with E-state index in [1.54, 1.807) is 19.5 Å². The molecule has 0 spiro atoms. The Bertz CT molecular complexity index is 1360. The molecule has 1 amide bonds. The minimum Gasteiger partial charge on any atom is -0.495 e. The van der Waals surface area contributed by atoms with Crippen LogP contribution in [0.15, 0.2) is 85.5 Å². The SMILES string of the molecule is COc1ccc(N2C(=S)N[C@@H](c3ccccn3)[C@H]2c2cccn2-c2cccnc2)cc1NC(C)=O. The van der Waals surface area contributed by atoms with E-state index in [-0.39, 0.29) is 18.0 Å². The normalized spacial score (nSPS) is 17.2. The molecule has 4 aromatic rings. The molecule has 8 nitrogen and oxygen atoms in total. The molecule has 2 N–H and O–H groups in total. The number of thiocarbonyl (C=S) groups is 1. The van der Waals surface area contributed by atoms with Crippen molar-refractivity contribution in [2.24, 2.45) is 0 Å². The Morgan fingerprint density at radius 2 is 1.97 bits per heavy atom. The van der Waals surface area contributed by atoms with Crippen LogP contribution < -0.4 is 20.3 Å². The maximum atomic E-state index is 11.8. The van der Waals surface area contributed by atoms with Gasteiger partial charge in [0.2, 0.25) is 5.91 Å². The van der Waals surface area contributed by atoms with Crippen molar-refractivity contribution < 1.29 is 9.53 Å². The van der Waals surface area contributed by atoms with Crippen molar-refractivity contribution in [1.82, 2.24) is 19.9 Å². The van der Waals surface area contributed by atoms with Crippen molar-refractivity contribution in [3.8, 4) is 11.4 Å². The van der Waals surface area contributed by atoms with Crippen LogP contribution >= 0.6 is 12.2 Å². The number of carbonyl (C=O) groups excluding carboxylic acids is 1. The van der Waals surface area contributed by atoms with E-state index in [4.69, 9.17) is 17.0 Å². The summed E-state index contributed by atoms with van der Waals surface area (Å²) < 4.78 is 7.56. The summed E-state index contributed by atoms with van der Waals surface area (Å²) in [6, 6.07) is 19.1. The number of methoxy groups -OCH3 is 1. The Balaban J connectivity index is 1.66. The number of nitrogens with zero attached hydrogens (tertiary/aromatic N) is 4. The Hall–Kier alpha value is -4.24. The number of ether oxygens (including phenoxy) is 1. The molecule has 35 heavy (non-hydrogen) atoms. The molecule has 1 saturated heterocycles. The van der Waals surface area contributed by atoms with Gasteiger partial charge in [0.15, 0.2) is 5.11 Å². The Labute approximate surface area is 208 Å². The fourth-order valence-corrected chi connectivity index (χ4v) is 4.78. The van der Waals surface area contributed by atoms with Crippen LogP contribution in [0.3, 0.4) is 0 Å². The summed E-state index contributed by atoms with van der Waals surface area (Å²) in [5.74, 6) is 0.384. The molecule has 176 valence electrons. The quantitative estimate of drug-likeness (QED) is 0.392. The molecule has 1 fully saturated rings. The van der Waals surface area contributed by atoms with Crippen LogP contribution in [0.2, 0.25) is 0 Å². The van der Waals surface area contributed by atoms with Crippen LogP contribution in [0.4, 0.5) is 11.4 Å². The van der Waals surface area contributed by atoms with Gasteiger partial charge in [0, 0.05) is 36.9 Å². The van der Waals surface area contributed by atoms with E-state index in [1.165, 1.54) is 6.92 Å². The van der Waals surface area contributed by atoms with Gasteiger partial charge in [0.25, 0.3) is 0 Å². The summed E-state index contributed by atoms with van der Waals surface area (Å²) in [5, 5.41) is 6.88. The Kier molecular flexibility index (Phi) is 6.15. The fourth-order valence-electron chi connectivity index (χ4n) is 4.43. The lowest BCUT2D eigenvalue weighted by molar-refractivity contribution is -0.114. The first kappa shape index (κ1) is 22.5. The molecule has 1 aliphatic rings. The molecular weight excluding hydrogens is 460 g/mol. The van der Waals surface area contributed by atoms with E-state index in [1.807, 2.05) is 67.0 Å². The predicted molar refractivity (Wildman–Crippen MR) is 139 cm³/mol. The van der Waals surface area contributed by atoms with Gasteiger partial charge in [-0.3, -0.25) is 14.8 Å². The number of aromatic nitrogens is 3. The average Bonchev–Trinajstić information content (AvgIpc) is 3.49. The second-order valence-corrected chi connectivity index (χ2v) is 8.46. The lowest BCUT2D eigenvalue weighted by Crippen LogP contribution is -2.30. The van der Waals surface area contributed by atoms with Crippen molar-refractivity contribution in [2.75, 3.05) is 17.3 Å². The maximum absolute atomic E-state index is 11.8. The van der Waals surface area contributed by atoms with Gasteiger partial charge in [-0.1, -0.05) is 6.07 Å². The van der Waals surface area contributed by atoms with Crippen LogP contribution in [-0.4, -0.2) is 32.7 Å². The first-order valence-corrected chi connectivity index (χ1v) is 11.5. The summed E-state index contributed by atoms with van der Waals surface area (Å²) in [5.41, 5.74) is 4.21. The number of rotatable bonds is 6. The standard InChI is InChI=1S/C26H24N6O2S/c1-17(33)29-21-15-18(10-11-23(21)34-2)32-25(24(30-26(32)35)20-8-3-4-13-28-20)22-9-6-14-31(22)19-7-5-12-27-16-19/h3-16,24-25H,1-2H3,(H,29,33)(H,30,35)/t24-,25+/m0/s1. The smallest absolute Gasteiger partial charge is 0.221 e. The Morgan fingerprint density at radius 1 is 1.09 bits per heavy atom. The van der Waals surface area contributed by atoms with Crippen molar-refractivity contribution in [2.45, 2.75) is 19.0 Å². The van der Waals surface area contributed by atoms with Crippen LogP contribution in [0.5, 0.6) is 5.75 Å². The summed E-state index contributed by atoms with van der Waals surface area (Å²) in [6.07, 6.45) is 7.37. The van der Waals surface area contributed by atoms with Gasteiger partial charge in [-0.15, -0.1) is 0 Å². The molecule has 3 aromatic heterocycles. The molecule has 0 saturated carbocycles. The van der Waals surface area contributed by atoms with E-state index in [2.05, 4.69) is 36.1 Å². The van der Waals surface area contributed by atoms with Crippen LogP contribution in [-0.2, 0) is 4.79 Å². The minimum atomic E-state index is -0.230. The van der Waals surface area contributed by atoms with Gasteiger partial charge in [0.05, 0.1) is 36.4 Å². The van der Waals surface area contributed by atoms with E-state index < -0.39 is 0 Å². The number of anilines is 2. The summed E-state index contributed by atoms with van der Waals surface area (Å²) in [7, 11) is 1.57. The van der Waals surface area contributed by atoms with Crippen LogP contribution in [0.25, 0.3) is 5.69 Å². The first-order chi connectivity index (χ1) is 17.1. The average molecular weight is 485 g/mol. The number of benzene rings is 1. The van der Waals surface area contributed by atoms with Gasteiger partial charge in [-0.05, 0) is 66.8 Å². The lowest BCUT2D eigenvalue weighted by Gasteiger charge is -2.29. The molecule has 1 aromatic carbocycles. The zero-order valence-corrected chi connectivity index (χ0v) is 20.1. The number of hydrogen-bond donors (Lipinski definition) is 2. The molecule has 0 aliphatic carbocycles. The van der Waals surface area contributed by atoms with E-state index in [0.717, 1.165) is 22.8 Å². The van der Waals surface area contributed by atoms with Gasteiger partial charge < -0.3 is 24.8 Å². The fraction of sp³-hybridized carbons (Fsp3) is 0.154. The zero-order chi connectivity index (χ0) is 24.4. The third-order valence-corrected chi connectivity index (χ3v) is 6.19. The van der Waals surface area contributed by atoms with Gasteiger partial charge >= 0.3 is 0 Å². The van der Waals surface area contributed by atoms with Crippen molar-refractivity contribution in [3.05, 3.63) is 96.8 Å². The number of hydrogen-bond acceptors (Lipinski definition) is 5. The van der Waals surface area contributed by atoms with Crippen LogP contribution in [0, 0.1) is 0 Å². The second kappa shape index (κ2) is 9.55. The van der Waals surface area contributed by atoms with Crippen molar-refractivity contribution in [3.63, 3.8) is 0 Å². The number of carbonyl (C=O) groups is 1. The highest BCUT2D eigenvalue weighted by Crippen LogP contribution is 2.43. The lowest BCUT2D eigenvalue weighted by atomic mass is 10.0. The summed E-state index contributed by atoms with van der Waals surface area (Å²) in [4.78, 5) is 22.8. The molecule has 0 radical (unpaired) electrons. The predicted octanol–water partition coefficient (Wildman–Crippen LogP) is 4.41. The zero-order valence-electron chi connectivity index (χ0n) is 19.3. The van der Waals surface area contributed by atoms with Gasteiger partial charge in [-0.25, -0.2) is 0 Å². The number of amides is 1. The highest BCUT2D eigenvalue weighted by atomic mass is 32.1. The molecule has 2 atom stereocenters. The minimum absolute atomic E-state index is 0.184. The highest BCUT2D eigenvalue weighted by molar-refractivity contribution is 7.80. The molecule has 5 rings (SSSR count). The maximum Gasteiger partial charge on any atom is 0.221 e. The van der Waals surface area contributed by atoms with E-state index in [0.29, 0.717) is 16.5 Å². The Morgan fingerprint density at radius 3 is 2.69 bits per heavy atom. The molecule has 0 unspecified atom stereocenters. The largest absolute Gasteiger partial charge is 0.495 e. The number of pyridine rings is 2. The topological polar surface area (TPSA) is 84.3 Å².